The van der Waals surface area contributed by atoms with E-state index in [0.29, 0.717) is 0 Å². The van der Waals surface area contributed by atoms with Gasteiger partial charge in [0.15, 0.2) is 0 Å². The third kappa shape index (κ3) is 3.92. The van der Waals surface area contributed by atoms with Crippen molar-refractivity contribution in [3.8, 4) is 33.4 Å². The zero-order chi connectivity index (χ0) is 29.0. The average Bonchev–Trinajstić information content (AvgIpc) is 3.10. The lowest BCUT2D eigenvalue weighted by Gasteiger charge is -2.17. The Bertz CT molecular complexity index is 2410. The van der Waals surface area contributed by atoms with Crippen molar-refractivity contribution in [2.24, 2.45) is 0 Å². The van der Waals surface area contributed by atoms with Crippen LogP contribution < -0.4 is 0 Å². The van der Waals surface area contributed by atoms with Crippen molar-refractivity contribution >= 4 is 53.9 Å². The molecule has 0 saturated heterocycles. The molecule has 0 aliphatic heterocycles. The first-order valence-corrected chi connectivity index (χ1v) is 15.3. The highest BCUT2D eigenvalue weighted by Gasteiger charge is 2.15. The monoisotopic (exact) mass is 556 g/mol. The molecule has 0 heteroatoms. The summed E-state index contributed by atoms with van der Waals surface area (Å²) in [6.07, 6.45) is 0. The molecule has 0 nitrogen and oxygen atoms in total. The van der Waals surface area contributed by atoms with Crippen LogP contribution >= 0.6 is 0 Å². The minimum Gasteiger partial charge on any atom is -0.0616 e. The quantitative estimate of drug-likeness (QED) is 0.190. The second-order valence-corrected chi connectivity index (χ2v) is 11.7. The van der Waals surface area contributed by atoms with Crippen molar-refractivity contribution in [2.75, 3.05) is 0 Å². The predicted molar refractivity (Wildman–Crippen MR) is 190 cm³/mol. The summed E-state index contributed by atoms with van der Waals surface area (Å²) < 4.78 is 0. The molecule has 204 valence electrons. The van der Waals surface area contributed by atoms with Crippen LogP contribution in [0.1, 0.15) is 0 Å². The standard InChI is InChI=1S/C44H28/c1-4-16-35-29(12-1)15-11-23-38(35)32-24-33(43-27-30-13-2-5-17-36(30)39-19-7-9-21-41(39)43)26-34(25-32)44-28-31-14-3-6-18-37(31)40-20-8-10-22-42(40)44/h1-28H. The first kappa shape index (κ1) is 24.8. The van der Waals surface area contributed by atoms with E-state index < -0.39 is 0 Å². The zero-order valence-corrected chi connectivity index (χ0v) is 24.2. The number of fused-ring (bicyclic) bond motifs is 7. The molecule has 44 heavy (non-hydrogen) atoms. The van der Waals surface area contributed by atoms with E-state index >= 15 is 0 Å². The lowest BCUT2D eigenvalue weighted by Crippen LogP contribution is -1.90. The number of hydrogen-bond donors (Lipinski definition) is 0. The topological polar surface area (TPSA) is 0 Å². The van der Waals surface area contributed by atoms with Gasteiger partial charge in [-0.15, -0.1) is 0 Å². The molecule has 0 unspecified atom stereocenters. The maximum Gasteiger partial charge on any atom is -0.00986 e. The molecule has 0 spiro atoms. The summed E-state index contributed by atoms with van der Waals surface area (Å²) in [5.41, 5.74) is 7.44. The summed E-state index contributed by atoms with van der Waals surface area (Å²) >= 11 is 0. The molecule has 0 atom stereocenters. The molecule has 0 aliphatic rings. The second kappa shape index (κ2) is 9.93. The molecular weight excluding hydrogens is 528 g/mol. The Balaban J connectivity index is 1.41. The SMILES string of the molecule is c1ccc2c(-c3cc(-c4cc5ccccc5c5ccccc45)cc(-c4cc5ccccc5c5ccccc45)c3)cccc2c1. The van der Waals surface area contributed by atoms with Gasteiger partial charge < -0.3 is 0 Å². The highest BCUT2D eigenvalue weighted by atomic mass is 14.2. The van der Waals surface area contributed by atoms with Crippen LogP contribution in [0, 0.1) is 0 Å². The van der Waals surface area contributed by atoms with Gasteiger partial charge in [-0.05, 0) is 118 Å². The van der Waals surface area contributed by atoms with Crippen molar-refractivity contribution in [1.29, 1.82) is 0 Å². The summed E-state index contributed by atoms with van der Waals surface area (Å²) in [6, 6.07) is 62.5. The molecule has 0 radical (unpaired) electrons. The van der Waals surface area contributed by atoms with Crippen LogP contribution in [0.25, 0.3) is 87.2 Å². The normalized spacial score (nSPS) is 11.6. The molecule has 0 saturated carbocycles. The van der Waals surface area contributed by atoms with Crippen LogP contribution in [-0.4, -0.2) is 0 Å². The van der Waals surface area contributed by atoms with E-state index in [1.165, 1.54) is 87.2 Å². The Kier molecular flexibility index (Phi) is 5.61. The van der Waals surface area contributed by atoms with Gasteiger partial charge in [-0.1, -0.05) is 140 Å². The minimum atomic E-state index is 1.23. The fourth-order valence-corrected chi connectivity index (χ4v) is 7.16. The third-order valence-corrected chi connectivity index (χ3v) is 9.19. The van der Waals surface area contributed by atoms with Gasteiger partial charge in [0.25, 0.3) is 0 Å². The molecule has 0 fully saturated rings. The maximum absolute atomic E-state index is 2.40. The molecule has 0 bridgehead atoms. The molecule has 0 N–H and O–H groups in total. The van der Waals surface area contributed by atoms with E-state index in [2.05, 4.69) is 170 Å². The number of hydrogen-bond acceptors (Lipinski definition) is 0. The van der Waals surface area contributed by atoms with Crippen LogP contribution in [0.3, 0.4) is 0 Å². The molecule has 9 aromatic carbocycles. The lowest BCUT2D eigenvalue weighted by molar-refractivity contribution is 1.61. The van der Waals surface area contributed by atoms with Gasteiger partial charge in [0.1, 0.15) is 0 Å². The summed E-state index contributed by atoms with van der Waals surface area (Å²) in [5.74, 6) is 0. The molecule has 0 heterocycles. The Morgan fingerprint density at radius 2 is 0.568 bits per heavy atom. The highest BCUT2D eigenvalue weighted by molar-refractivity contribution is 6.16. The first-order chi connectivity index (χ1) is 21.8. The second-order valence-electron chi connectivity index (χ2n) is 11.7. The van der Waals surface area contributed by atoms with Crippen LogP contribution in [0.2, 0.25) is 0 Å². The van der Waals surface area contributed by atoms with Crippen molar-refractivity contribution in [1.82, 2.24) is 0 Å². The van der Waals surface area contributed by atoms with Crippen LogP contribution in [0.4, 0.5) is 0 Å². The van der Waals surface area contributed by atoms with Crippen molar-refractivity contribution in [3.05, 3.63) is 170 Å². The Hall–Kier alpha value is -5.72. The van der Waals surface area contributed by atoms with Gasteiger partial charge in [0, 0.05) is 0 Å². The molecular formula is C44H28. The van der Waals surface area contributed by atoms with E-state index in [-0.39, 0.29) is 0 Å². The van der Waals surface area contributed by atoms with Gasteiger partial charge in [0.2, 0.25) is 0 Å². The van der Waals surface area contributed by atoms with Crippen molar-refractivity contribution in [2.45, 2.75) is 0 Å². The summed E-state index contributed by atoms with van der Waals surface area (Å²) in [5, 5.41) is 12.7. The smallest absolute Gasteiger partial charge is 0.00986 e. The lowest BCUT2D eigenvalue weighted by atomic mass is 9.87. The fourth-order valence-electron chi connectivity index (χ4n) is 7.16. The fraction of sp³-hybridized carbons (Fsp3) is 0. The molecule has 0 aromatic heterocycles. The third-order valence-electron chi connectivity index (χ3n) is 9.19. The summed E-state index contributed by atoms with van der Waals surface area (Å²) in [4.78, 5) is 0. The Morgan fingerprint density at radius 3 is 1.09 bits per heavy atom. The molecule has 0 aliphatic carbocycles. The van der Waals surface area contributed by atoms with Gasteiger partial charge in [-0.2, -0.15) is 0 Å². The highest BCUT2D eigenvalue weighted by Crippen LogP contribution is 2.42. The Labute approximate surface area is 256 Å². The van der Waals surface area contributed by atoms with Crippen LogP contribution in [0.15, 0.2) is 170 Å². The van der Waals surface area contributed by atoms with E-state index in [4.69, 9.17) is 0 Å². The van der Waals surface area contributed by atoms with Crippen molar-refractivity contribution in [3.63, 3.8) is 0 Å². The average molecular weight is 557 g/mol. The van der Waals surface area contributed by atoms with E-state index in [1.54, 1.807) is 0 Å². The maximum atomic E-state index is 2.40. The van der Waals surface area contributed by atoms with Crippen LogP contribution in [-0.2, 0) is 0 Å². The van der Waals surface area contributed by atoms with Gasteiger partial charge >= 0.3 is 0 Å². The minimum absolute atomic E-state index is 1.23. The van der Waals surface area contributed by atoms with E-state index in [0.717, 1.165) is 0 Å². The zero-order valence-electron chi connectivity index (χ0n) is 24.2. The number of benzene rings is 9. The molecule has 9 rings (SSSR count). The van der Waals surface area contributed by atoms with Crippen LogP contribution in [0.5, 0.6) is 0 Å². The summed E-state index contributed by atoms with van der Waals surface area (Å²) in [6.45, 7) is 0. The first-order valence-electron chi connectivity index (χ1n) is 15.3. The predicted octanol–water partition coefficient (Wildman–Crippen LogP) is 12.5. The van der Waals surface area contributed by atoms with Gasteiger partial charge in [0.05, 0.1) is 0 Å². The van der Waals surface area contributed by atoms with Crippen molar-refractivity contribution < 1.29 is 0 Å². The van der Waals surface area contributed by atoms with E-state index in [9.17, 15) is 0 Å². The number of rotatable bonds is 3. The Morgan fingerprint density at radius 1 is 0.205 bits per heavy atom. The largest absolute Gasteiger partial charge is 0.0616 e. The molecule has 9 aromatic rings. The van der Waals surface area contributed by atoms with Gasteiger partial charge in [-0.3, -0.25) is 0 Å². The van der Waals surface area contributed by atoms with Gasteiger partial charge in [-0.25, -0.2) is 0 Å². The summed E-state index contributed by atoms with van der Waals surface area (Å²) in [7, 11) is 0. The van der Waals surface area contributed by atoms with E-state index in [1.807, 2.05) is 0 Å². The molecule has 0 amide bonds.